The minimum atomic E-state index is 0.945. The standard InChI is InChI=1S/C18H15B4BrO/c19-14-13(15(20)17(22)18(23)16(14)21)9-5-3-7-11-12(9)8-4-1-2-6-10(8)24-11/h1-7H,19-22H2. The van der Waals surface area contributed by atoms with Gasteiger partial charge in [-0.3, -0.25) is 0 Å². The fourth-order valence-electron chi connectivity index (χ4n) is 3.65. The zero-order valence-electron chi connectivity index (χ0n) is 14.3. The molecule has 0 saturated carbocycles. The van der Waals surface area contributed by atoms with Crippen molar-refractivity contribution in [2.75, 3.05) is 0 Å². The molecule has 0 aliphatic heterocycles. The fourth-order valence-corrected chi connectivity index (χ4v) is 4.25. The molecule has 0 aliphatic carbocycles. The van der Waals surface area contributed by atoms with Crippen LogP contribution in [-0.2, 0) is 0 Å². The van der Waals surface area contributed by atoms with Crippen LogP contribution in [0.25, 0.3) is 33.1 Å². The van der Waals surface area contributed by atoms with Crippen molar-refractivity contribution < 1.29 is 4.42 Å². The summed E-state index contributed by atoms with van der Waals surface area (Å²) >= 11 is 3.75. The van der Waals surface area contributed by atoms with Crippen LogP contribution in [0, 0.1) is 0 Å². The minimum absolute atomic E-state index is 0.945. The zero-order valence-corrected chi connectivity index (χ0v) is 15.9. The predicted octanol–water partition coefficient (Wildman–Crippen LogP) is -0.951. The Kier molecular flexibility index (Phi) is 3.69. The highest BCUT2D eigenvalue weighted by Crippen LogP contribution is 2.35. The molecule has 0 unspecified atom stereocenters. The summed E-state index contributed by atoms with van der Waals surface area (Å²) in [4.78, 5) is 0. The highest BCUT2D eigenvalue weighted by atomic mass is 79.9. The van der Waals surface area contributed by atoms with Crippen LogP contribution in [0.1, 0.15) is 0 Å². The van der Waals surface area contributed by atoms with Crippen molar-refractivity contribution in [3.05, 3.63) is 46.9 Å². The van der Waals surface area contributed by atoms with Crippen LogP contribution in [0.4, 0.5) is 0 Å². The Hall–Kier alpha value is -1.80. The Labute approximate surface area is 153 Å². The highest BCUT2D eigenvalue weighted by molar-refractivity contribution is 9.10. The maximum absolute atomic E-state index is 6.07. The van der Waals surface area contributed by atoms with Gasteiger partial charge in [-0.15, -0.1) is 0 Å². The van der Waals surface area contributed by atoms with Gasteiger partial charge in [-0.2, -0.15) is 0 Å². The molecule has 6 heteroatoms. The third kappa shape index (κ3) is 2.12. The van der Waals surface area contributed by atoms with E-state index in [0.29, 0.717) is 0 Å². The van der Waals surface area contributed by atoms with Gasteiger partial charge in [0.25, 0.3) is 0 Å². The first kappa shape index (κ1) is 15.7. The lowest BCUT2D eigenvalue weighted by Crippen LogP contribution is -2.43. The number of hydrogen-bond acceptors (Lipinski definition) is 1. The zero-order chi connectivity index (χ0) is 17.0. The van der Waals surface area contributed by atoms with Crippen LogP contribution in [0.15, 0.2) is 51.4 Å². The van der Waals surface area contributed by atoms with E-state index >= 15 is 0 Å². The van der Waals surface area contributed by atoms with Crippen molar-refractivity contribution in [3.8, 4) is 11.1 Å². The van der Waals surface area contributed by atoms with Crippen molar-refractivity contribution in [3.63, 3.8) is 0 Å². The maximum atomic E-state index is 6.07. The van der Waals surface area contributed by atoms with Gasteiger partial charge in [0.2, 0.25) is 0 Å². The van der Waals surface area contributed by atoms with Gasteiger partial charge in [-0.25, -0.2) is 0 Å². The average Bonchev–Trinajstić information content (AvgIpc) is 2.98. The second kappa shape index (κ2) is 5.63. The van der Waals surface area contributed by atoms with Gasteiger partial charge >= 0.3 is 0 Å². The smallest absolute Gasteiger partial charge is 0.140 e. The summed E-state index contributed by atoms with van der Waals surface area (Å²) in [6.45, 7) is 0. The molecule has 0 saturated heterocycles. The Morgan fingerprint density at radius 3 is 2.04 bits per heavy atom. The number of para-hydroxylation sites is 1. The maximum Gasteiger partial charge on any atom is 0.140 e. The molecule has 0 atom stereocenters. The molecule has 1 nitrogen and oxygen atoms in total. The summed E-state index contributed by atoms with van der Waals surface area (Å²) < 4.78 is 7.28. The second-order valence-corrected chi connectivity index (χ2v) is 7.26. The van der Waals surface area contributed by atoms with Crippen molar-refractivity contribution in [2.24, 2.45) is 0 Å². The van der Waals surface area contributed by atoms with E-state index in [-0.39, 0.29) is 0 Å². The lowest BCUT2D eigenvalue weighted by atomic mass is 9.66. The molecule has 1 aromatic heterocycles. The Balaban J connectivity index is 2.20. The topological polar surface area (TPSA) is 13.1 Å². The molecule has 4 aromatic rings. The largest absolute Gasteiger partial charge is 0.456 e. The van der Waals surface area contributed by atoms with Gasteiger partial charge in [0.05, 0.1) is 0 Å². The molecule has 4 rings (SSSR count). The number of benzene rings is 3. The van der Waals surface area contributed by atoms with Crippen LogP contribution in [-0.4, -0.2) is 31.4 Å². The van der Waals surface area contributed by atoms with Crippen LogP contribution in [0.2, 0.25) is 0 Å². The minimum Gasteiger partial charge on any atom is -0.456 e. The average molecular weight is 370 g/mol. The van der Waals surface area contributed by atoms with Crippen LogP contribution < -0.4 is 21.9 Å². The molecule has 0 spiro atoms. The normalized spacial score (nSPS) is 11.4. The summed E-state index contributed by atoms with van der Waals surface area (Å²) in [7, 11) is 8.79. The van der Waals surface area contributed by atoms with Crippen molar-refractivity contribution >= 4 is 91.1 Å². The molecule has 1 heterocycles. The molecule has 0 radical (unpaired) electrons. The molecular formula is C18H15B4BrO. The fraction of sp³-hybridized carbons (Fsp3) is 0. The van der Waals surface area contributed by atoms with Gasteiger partial charge in [0.1, 0.15) is 42.6 Å². The lowest BCUT2D eigenvalue weighted by Gasteiger charge is -2.19. The van der Waals surface area contributed by atoms with E-state index in [9.17, 15) is 0 Å². The first-order chi connectivity index (χ1) is 11.5. The van der Waals surface area contributed by atoms with Crippen LogP contribution in [0.5, 0.6) is 0 Å². The summed E-state index contributed by atoms with van der Waals surface area (Å²) in [5.74, 6) is 0. The van der Waals surface area contributed by atoms with E-state index < -0.39 is 0 Å². The van der Waals surface area contributed by atoms with Crippen molar-refractivity contribution in [1.29, 1.82) is 0 Å². The quantitative estimate of drug-likeness (QED) is 0.394. The number of halogens is 1. The van der Waals surface area contributed by atoms with Crippen LogP contribution in [0.3, 0.4) is 0 Å². The molecular weight excluding hydrogens is 355 g/mol. The number of fused-ring (bicyclic) bond motifs is 3. The van der Waals surface area contributed by atoms with E-state index in [0.717, 1.165) is 11.2 Å². The van der Waals surface area contributed by atoms with E-state index in [1.165, 1.54) is 48.2 Å². The Bertz CT molecular complexity index is 1090. The molecule has 0 N–H and O–H groups in total. The molecule has 0 fully saturated rings. The third-order valence-corrected chi connectivity index (χ3v) is 6.39. The summed E-state index contributed by atoms with van der Waals surface area (Å²) in [5.41, 5.74) is 9.73. The SMILES string of the molecule is Bc1c(B)c(-c2cccc3oc4ccccc4c23)c(B)c(B)c1Br. The third-order valence-electron chi connectivity index (χ3n) is 5.21. The Morgan fingerprint density at radius 2 is 1.33 bits per heavy atom. The van der Waals surface area contributed by atoms with E-state index in [2.05, 4.69) is 77.6 Å². The van der Waals surface area contributed by atoms with E-state index in [1.54, 1.807) is 0 Å². The second-order valence-electron chi connectivity index (χ2n) is 6.47. The summed E-state index contributed by atoms with van der Waals surface area (Å²) in [5, 5.41) is 2.39. The number of hydrogen-bond donors (Lipinski definition) is 0. The molecule has 112 valence electrons. The molecule has 0 bridgehead atoms. The van der Waals surface area contributed by atoms with E-state index in [1.807, 2.05) is 12.1 Å². The molecule has 3 aromatic carbocycles. The number of rotatable bonds is 1. The first-order valence-electron chi connectivity index (χ1n) is 8.17. The molecule has 0 aliphatic rings. The van der Waals surface area contributed by atoms with Gasteiger partial charge in [-0.05, 0) is 23.3 Å². The van der Waals surface area contributed by atoms with Gasteiger partial charge in [0.15, 0.2) is 0 Å². The molecule has 0 amide bonds. The molecule has 24 heavy (non-hydrogen) atoms. The highest BCUT2D eigenvalue weighted by Gasteiger charge is 2.18. The summed E-state index contributed by atoms with van der Waals surface area (Å²) in [6, 6.07) is 14.6. The van der Waals surface area contributed by atoms with Crippen molar-refractivity contribution in [1.82, 2.24) is 0 Å². The van der Waals surface area contributed by atoms with Crippen LogP contribution >= 0.6 is 15.9 Å². The van der Waals surface area contributed by atoms with Gasteiger partial charge in [-0.1, -0.05) is 68.1 Å². The van der Waals surface area contributed by atoms with Gasteiger partial charge < -0.3 is 4.42 Å². The predicted molar refractivity (Wildman–Crippen MR) is 120 cm³/mol. The lowest BCUT2D eigenvalue weighted by molar-refractivity contribution is 0.669. The van der Waals surface area contributed by atoms with Gasteiger partial charge in [0, 0.05) is 15.2 Å². The number of furan rings is 1. The summed E-state index contributed by atoms with van der Waals surface area (Å²) in [6.07, 6.45) is 0. The first-order valence-corrected chi connectivity index (χ1v) is 8.96. The van der Waals surface area contributed by atoms with Crippen molar-refractivity contribution in [2.45, 2.75) is 0 Å². The Morgan fingerprint density at radius 1 is 0.708 bits per heavy atom. The van der Waals surface area contributed by atoms with E-state index in [4.69, 9.17) is 4.42 Å². The monoisotopic (exact) mass is 370 g/mol.